The number of hydrogen-bond acceptors (Lipinski definition) is 4. The van der Waals surface area contributed by atoms with Crippen molar-refractivity contribution in [2.24, 2.45) is 0 Å². The molecule has 0 radical (unpaired) electrons. The van der Waals surface area contributed by atoms with Gasteiger partial charge in [-0.3, -0.25) is 4.57 Å². The summed E-state index contributed by atoms with van der Waals surface area (Å²) in [6.45, 7) is 4.56. The Morgan fingerprint density at radius 1 is 1.42 bits per heavy atom. The van der Waals surface area contributed by atoms with Crippen LogP contribution in [0.4, 0.5) is 0 Å². The summed E-state index contributed by atoms with van der Waals surface area (Å²) in [5.74, 6) is 0. The number of rotatable bonds is 7. The third-order valence-corrected chi connectivity index (χ3v) is 3.08. The van der Waals surface area contributed by atoms with E-state index in [9.17, 15) is 4.57 Å². The van der Waals surface area contributed by atoms with Crippen molar-refractivity contribution in [2.75, 3.05) is 39.3 Å². The van der Waals surface area contributed by atoms with Crippen LogP contribution in [0.1, 0.15) is 6.92 Å². The molecule has 4 nitrogen and oxygen atoms in total. The third kappa shape index (κ3) is 6.80. The smallest absolute Gasteiger partial charge is 0.202 e. The van der Waals surface area contributed by atoms with Crippen LogP contribution >= 0.6 is 7.37 Å². The van der Waals surface area contributed by atoms with Gasteiger partial charge in [-0.05, 0) is 6.92 Å². The van der Waals surface area contributed by atoms with Gasteiger partial charge in [0, 0.05) is 12.8 Å². The van der Waals surface area contributed by atoms with E-state index in [1.807, 2.05) is 6.92 Å². The Balaban J connectivity index is 3.41. The summed E-state index contributed by atoms with van der Waals surface area (Å²) in [6, 6.07) is 0. The number of ether oxygens (including phenoxy) is 1. The zero-order valence-electron chi connectivity index (χ0n) is 7.65. The number of hydrogen-bond donors (Lipinski definition) is 1. The average molecular weight is 196 g/mol. The first-order valence-electron chi connectivity index (χ1n) is 4.02. The van der Waals surface area contributed by atoms with Crippen LogP contribution in [0.25, 0.3) is 0 Å². The van der Waals surface area contributed by atoms with E-state index < -0.39 is 7.37 Å². The lowest BCUT2D eigenvalue weighted by molar-refractivity contribution is 0.101. The lowest BCUT2D eigenvalue weighted by Crippen LogP contribution is -2.05. The molecule has 5 heteroatoms. The van der Waals surface area contributed by atoms with Crippen LogP contribution in [0.5, 0.6) is 0 Å². The van der Waals surface area contributed by atoms with Crippen molar-refractivity contribution in [3.8, 4) is 0 Å². The van der Waals surface area contributed by atoms with E-state index in [2.05, 4.69) is 0 Å². The van der Waals surface area contributed by atoms with Crippen LogP contribution in [-0.2, 0) is 13.8 Å². The van der Waals surface area contributed by atoms with Crippen molar-refractivity contribution in [1.29, 1.82) is 0 Å². The topological polar surface area (TPSA) is 55.8 Å². The fourth-order valence-corrected chi connectivity index (χ4v) is 1.87. The highest BCUT2D eigenvalue weighted by Gasteiger charge is 2.13. The first-order chi connectivity index (χ1) is 5.62. The molecule has 1 unspecified atom stereocenters. The summed E-state index contributed by atoms with van der Waals surface area (Å²) >= 11 is 0. The van der Waals surface area contributed by atoms with Crippen LogP contribution in [-0.4, -0.2) is 44.4 Å². The monoisotopic (exact) mass is 196 g/mol. The summed E-state index contributed by atoms with van der Waals surface area (Å²) in [5.41, 5.74) is 0. The Hall–Kier alpha value is 0.110. The van der Waals surface area contributed by atoms with Gasteiger partial charge in [0.25, 0.3) is 0 Å². The van der Waals surface area contributed by atoms with Crippen molar-refractivity contribution >= 4 is 7.37 Å². The summed E-state index contributed by atoms with van der Waals surface area (Å²) in [4.78, 5) is 0. The summed E-state index contributed by atoms with van der Waals surface area (Å²) in [7, 11) is -2.44. The highest BCUT2D eigenvalue weighted by Crippen LogP contribution is 2.41. The minimum absolute atomic E-state index is 0.00263. The van der Waals surface area contributed by atoms with Gasteiger partial charge < -0.3 is 14.4 Å². The average Bonchev–Trinajstić information content (AvgIpc) is 1.98. The van der Waals surface area contributed by atoms with E-state index in [0.717, 1.165) is 0 Å². The van der Waals surface area contributed by atoms with Crippen molar-refractivity contribution in [3.63, 3.8) is 0 Å². The molecular formula is C7H17O4P. The van der Waals surface area contributed by atoms with Gasteiger partial charge >= 0.3 is 0 Å². The predicted octanol–water partition coefficient (Wildman–Crippen LogP) is 0.940. The lowest BCUT2D eigenvalue weighted by atomic mass is 10.7. The Morgan fingerprint density at radius 2 is 2.08 bits per heavy atom. The Labute approximate surface area is 73.3 Å². The highest BCUT2D eigenvalue weighted by molar-refractivity contribution is 7.58. The van der Waals surface area contributed by atoms with E-state index in [-0.39, 0.29) is 6.61 Å². The fourth-order valence-electron chi connectivity index (χ4n) is 0.735. The molecule has 0 heterocycles. The normalized spacial score (nSPS) is 15.9. The van der Waals surface area contributed by atoms with E-state index >= 15 is 0 Å². The van der Waals surface area contributed by atoms with Gasteiger partial charge in [-0.25, -0.2) is 0 Å². The standard InChI is InChI=1S/C7H17O4P/c1-3-11-12(2,9)7-6-10-5-4-8/h8H,3-7H2,1-2H3. The van der Waals surface area contributed by atoms with Gasteiger partial charge in [0.1, 0.15) is 0 Å². The zero-order valence-corrected chi connectivity index (χ0v) is 8.55. The molecule has 0 amide bonds. The molecular weight excluding hydrogens is 179 g/mol. The van der Waals surface area contributed by atoms with Gasteiger partial charge in [-0.1, -0.05) is 0 Å². The molecule has 12 heavy (non-hydrogen) atoms. The van der Waals surface area contributed by atoms with Crippen LogP contribution in [0.3, 0.4) is 0 Å². The molecule has 0 saturated heterocycles. The SMILES string of the molecule is CCOP(C)(=O)CCOCCO. The first-order valence-corrected chi connectivity index (χ1v) is 6.28. The van der Waals surface area contributed by atoms with E-state index in [1.54, 1.807) is 6.66 Å². The molecule has 0 aliphatic rings. The summed E-state index contributed by atoms with van der Waals surface area (Å²) in [5, 5.41) is 8.37. The van der Waals surface area contributed by atoms with Crippen molar-refractivity contribution in [2.45, 2.75) is 6.92 Å². The summed E-state index contributed by atoms with van der Waals surface area (Å²) in [6.07, 6.45) is 0.418. The zero-order chi connectivity index (χ0) is 9.45. The van der Waals surface area contributed by atoms with Gasteiger partial charge in [0.15, 0.2) is 0 Å². The molecule has 0 spiro atoms. The van der Waals surface area contributed by atoms with Gasteiger partial charge in [0.05, 0.1) is 26.4 Å². The second-order valence-corrected chi connectivity index (χ2v) is 5.23. The molecule has 74 valence electrons. The lowest BCUT2D eigenvalue weighted by Gasteiger charge is -2.11. The van der Waals surface area contributed by atoms with Crippen LogP contribution in [0.15, 0.2) is 0 Å². The Bertz CT molecular complexity index is 148. The molecule has 1 N–H and O–H groups in total. The van der Waals surface area contributed by atoms with Crippen LogP contribution < -0.4 is 0 Å². The molecule has 0 aromatic rings. The van der Waals surface area contributed by atoms with E-state index in [0.29, 0.717) is 26.0 Å². The van der Waals surface area contributed by atoms with Gasteiger partial charge in [-0.2, -0.15) is 0 Å². The molecule has 0 aliphatic carbocycles. The van der Waals surface area contributed by atoms with Gasteiger partial charge in [-0.15, -0.1) is 0 Å². The maximum absolute atomic E-state index is 11.4. The third-order valence-electron chi connectivity index (χ3n) is 1.28. The number of aliphatic hydroxyl groups excluding tert-OH is 1. The predicted molar refractivity (Wildman–Crippen MR) is 47.9 cm³/mol. The fraction of sp³-hybridized carbons (Fsp3) is 1.00. The van der Waals surface area contributed by atoms with E-state index in [4.69, 9.17) is 14.4 Å². The Kier molecular flexibility index (Phi) is 6.67. The molecule has 0 rings (SSSR count). The Morgan fingerprint density at radius 3 is 2.58 bits per heavy atom. The second-order valence-electron chi connectivity index (χ2n) is 2.49. The largest absolute Gasteiger partial charge is 0.394 e. The minimum Gasteiger partial charge on any atom is -0.394 e. The molecule has 0 aliphatic heterocycles. The molecule has 0 saturated carbocycles. The minimum atomic E-state index is -2.44. The van der Waals surface area contributed by atoms with Crippen LogP contribution in [0, 0.1) is 0 Å². The molecule has 0 aromatic heterocycles. The first kappa shape index (κ1) is 12.1. The highest BCUT2D eigenvalue weighted by atomic mass is 31.2. The molecule has 1 atom stereocenters. The quantitative estimate of drug-likeness (QED) is 0.486. The van der Waals surface area contributed by atoms with Crippen LogP contribution in [0.2, 0.25) is 0 Å². The van der Waals surface area contributed by atoms with Crippen molar-refractivity contribution in [1.82, 2.24) is 0 Å². The van der Waals surface area contributed by atoms with Crippen molar-refractivity contribution in [3.05, 3.63) is 0 Å². The maximum atomic E-state index is 11.4. The molecule has 0 aromatic carbocycles. The second kappa shape index (κ2) is 6.61. The van der Waals surface area contributed by atoms with E-state index in [1.165, 1.54) is 0 Å². The maximum Gasteiger partial charge on any atom is 0.202 e. The molecule has 0 bridgehead atoms. The van der Waals surface area contributed by atoms with Crippen molar-refractivity contribution < 1.29 is 18.9 Å². The number of aliphatic hydroxyl groups is 1. The van der Waals surface area contributed by atoms with Gasteiger partial charge in [0.2, 0.25) is 7.37 Å². The molecule has 0 fully saturated rings. The summed E-state index contributed by atoms with van der Waals surface area (Å²) < 4.78 is 21.4.